The van der Waals surface area contributed by atoms with Crippen LogP contribution in [0.3, 0.4) is 0 Å². The average Bonchev–Trinajstić information content (AvgIpc) is 3.02. The number of rotatable bonds is 4. The highest BCUT2D eigenvalue weighted by atomic mass is 16.4. The van der Waals surface area contributed by atoms with Crippen LogP contribution in [0.4, 0.5) is 10.5 Å². The Balaban J connectivity index is 2.00. The number of hydrogen-bond donors (Lipinski definition) is 3. The maximum Gasteiger partial charge on any atom is 0.409 e. The zero-order chi connectivity index (χ0) is 15.4. The monoisotopic (exact) mass is 297 g/mol. The van der Waals surface area contributed by atoms with Gasteiger partial charge in [0.25, 0.3) is 0 Å². The summed E-state index contributed by atoms with van der Waals surface area (Å²) in [4.78, 5) is 19.4. The van der Waals surface area contributed by atoms with Crippen LogP contribution >= 0.6 is 0 Å². The maximum absolute atomic E-state index is 10.9. The molecular formula is C13H11N7O2. The number of aromatic nitrogens is 6. The Morgan fingerprint density at radius 3 is 2.73 bits per heavy atom. The molecule has 3 aromatic rings. The first-order valence-corrected chi connectivity index (χ1v) is 6.36. The van der Waals surface area contributed by atoms with Crippen LogP contribution in [0.25, 0.3) is 11.3 Å². The number of H-pyrrole nitrogens is 1. The van der Waals surface area contributed by atoms with Crippen molar-refractivity contribution in [2.45, 2.75) is 6.42 Å². The predicted octanol–water partition coefficient (Wildman–Crippen LogP) is 1.34. The standard InChI is InChI=1S/C13H11N7O2/c21-13(22)15-9-7-14-10(6-11-17-19-20-18-11)16-12(9)8-4-2-1-3-5-8/h1-5,7,15H,6H2,(H,21,22)(H,17,18,19,20). The molecule has 0 saturated carbocycles. The van der Waals surface area contributed by atoms with Gasteiger partial charge < -0.3 is 5.11 Å². The first-order chi connectivity index (χ1) is 10.7. The second-order valence-electron chi connectivity index (χ2n) is 4.35. The minimum atomic E-state index is -1.17. The van der Waals surface area contributed by atoms with Gasteiger partial charge in [0, 0.05) is 5.56 Å². The number of carbonyl (C=O) groups is 1. The largest absolute Gasteiger partial charge is 0.465 e. The summed E-state index contributed by atoms with van der Waals surface area (Å²) in [5.74, 6) is 0.925. The van der Waals surface area contributed by atoms with Gasteiger partial charge in [-0.15, -0.1) is 10.2 Å². The number of nitrogens with zero attached hydrogens (tertiary/aromatic N) is 5. The summed E-state index contributed by atoms with van der Waals surface area (Å²) >= 11 is 0. The Labute approximate surface area is 124 Å². The zero-order valence-electron chi connectivity index (χ0n) is 11.3. The number of hydrogen-bond acceptors (Lipinski definition) is 6. The first kappa shape index (κ1) is 13.6. The van der Waals surface area contributed by atoms with Gasteiger partial charge >= 0.3 is 6.09 Å². The summed E-state index contributed by atoms with van der Waals surface area (Å²) in [6, 6.07) is 9.25. The van der Waals surface area contributed by atoms with Crippen molar-refractivity contribution in [1.29, 1.82) is 0 Å². The van der Waals surface area contributed by atoms with Crippen molar-refractivity contribution in [3.05, 3.63) is 48.2 Å². The molecule has 2 aromatic heterocycles. The van der Waals surface area contributed by atoms with E-state index in [1.807, 2.05) is 30.3 Å². The lowest BCUT2D eigenvalue weighted by Crippen LogP contribution is -2.11. The quantitative estimate of drug-likeness (QED) is 0.662. The highest BCUT2D eigenvalue weighted by Crippen LogP contribution is 2.25. The second-order valence-corrected chi connectivity index (χ2v) is 4.35. The SMILES string of the molecule is O=C(O)Nc1cnc(Cc2nn[nH]n2)nc1-c1ccccc1. The van der Waals surface area contributed by atoms with Gasteiger partial charge in [0.1, 0.15) is 5.82 Å². The van der Waals surface area contributed by atoms with Gasteiger partial charge in [0.15, 0.2) is 5.82 Å². The normalized spacial score (nSPS) is 10.4. The molecular weight excluding hydrogens is 286 g/mol. The fraction of sp³-hybridized carbons (Fsp3) is 0.0769. The van der Waals surface area contributed by atoms with Crippen molar-refractivity contribution < 1.29 is 9.90 Å². The molecule has 0 aliphatic heterocycles. The topological polar surface area (TPSA) is 130 Å². The molecule has 22 heavy (non-hydrogen) atoms. The van der Waals surface area contributed by atoms with Crippen LogP contribution in [0.15, 0.2) is 36.5 Å². The summed E-state index contributed by atoms with van der Waals surface area (Å²) in [6.45, 7) is 0. The van der Waals surface area contributed by atoms with Gasteiger partial charge in [-0.2, -0.15) is 5.21 Å². The minimum Gasteiger partial charge on any atom is -0.465 e. The van der Waals surface area contributed by atoms with Crippen molar-refractivity contribution in [3.8, 4) is 11.3 Å². The Bertz CT molecular complexity index is 774. The third-order valence-corrected chi connectivity index (χ3v) is 2.83. The van der Waals surface area contributed by atoms with E-state index in [0.717, 1.165) is 5.56 Å². The predicted molar refractivity (Wildman–Crippen MR) is 76.1 cm³/mol. The van der Waals surface area contributed by atoms with Crippen molar-refractivity contribution in [2.24, 2.45) is 0 Å². The van der Waals surface area contributed by atoms with Crippen LogP contribution < -0.4 is 5.32 Å². The second kappa shape index (κ2) is 5.95. The summed E-state index contributed by atoms with van der Waals surface area (Å²) in [7, 11) is 0. The lowest BCUT2D eigenvalue weighted by Gasteiger charge is -2.09. The highest BCUT2D eigenvalue weighted by Gasteiger charge is 2.13. The number of amides is 1. The van der Waals surface area contributed by atoms with Gasteiger partial charge in [0.05, 0.1) is 24.0 Å². The molecule has 9 nitrogen and oxygen atoms in total. The van der Waals surface area contributed by atoms with Crippen molar-refractivity contribution in [1.82, 2.24) is 30.6 Å². The summed E-state index contributed by atoms with van der Waals surface area (Å²) in [5.41, 5.74) is 1.59. The van der Waals surface area contributed by atoms with Gasteiger partial charge in [0.2, 0.25) is 0 Å². The molecule has 0 atom stereocenters. The third kappa shape index (κ3) is 3.03. The molecule has 0 spiro atoms. The number of carboxylic acid groups (broad SMARTS) is 1. The molecule has 0 radical (unpaired) electrons. The van der Waals surface area contributed by atoms with Crippen LogP contribution in [0.2, 0.25) is 0 Å². The molecule has 0 bridgehead atoms. The Hall–Kier alpha value is -3.36. The van der Waals surface area contributed by atoms with E-state index >= 15 is 0 Å². The van der Waals surface area contributed by atoms with E-state index in [9.17, 15) is 4.79 Å². The van der Waals surface area contributed by atoms with Crippen molar-refractivity contribution in [3.63, 3.8) is 0 Å². The number of benzene rings is 1. The average molecular weight is 297 g/mol. The zero-order valence-corrected chi connectivity index (χ0v) is 11.3. The molecule has 1 amide bonds. The maximum atomic E-state index is 10.9. The first-order valence-electron chi connectivity index (χ1n) is 6.36. The van der Waals surface area contributed by atoms with Gasteiger partial charge in [-0.05, 0) is 0 Å². The Kier molecular flexibility index (Phi) is 3.69. The van der Waals surface area contributed by atoms with Crippen LogP contribution in [0.5, 0.6) is 0 Å². The van der Waals surface area contributed by atoms with E-state index < -0.39 is 6.09 Å². The molecule has 0 fully saturated rings. The van der Waals surface area contributed by atoms with Crippen LogP contribution in [0.1, 0.15) is 11.6 Å². The van der Waals surface area contributed by atoms with E-state index in [0.29, 0.717) is 29.5 Å². The summed E-state index contributed by atoms with van der Waals surface area (Å²) < 4.78 is 0. The molecule has 9 heteroatoms. The lowest BCUT2D eigenvalue weighted by atomic mass is 10.1. The van der Waals surface area contributed by atoms with E-state index in [1.165, 1.54) is 6.20 Å². The number of aromatic amines is 1. The molecule has 3 N–H and O–H groups in total. The molecule has 0 aliphatic carbocycles. The third-order valence-electron chi connectivity index (χ3n) is 2.83. The van der Waals surface area contributed by atoms with Crippen LogP contribution in [-0.2, 0) is 6.42 Å². The minimum absolute atomic E-state index is 0.295. The van der Waals surface area contributed by atoms with Gasteiger partial charge in [-0.1, -0.05) is 35.5 Å². The number of tetrazole rings is 1. The number of anilines is 1. The Morgan fingerprint density at radius 1 is 1.23 bits per heavy atom. The molecule has 0 saturated heterocycles. The smallest absolute Gasteiger partial charge is 0.409 e. The molecule has 1 aromatic carbocycles. The number of nitrogens with one attached hydrogen (secondary N) is 2. The van der Waals surface area contributed by atoms with Gasteiger partial charge in [-0.3, -0.25) is 5.32 Å². The molecule has 0 aliphatic rings. The molecule has 0 unspecified atom stereocenters. The lowest BCUT2D eigenvalue weighted by molar-refractivity contribution is 0.209. The molecule has 110 valence electrons. The van der Waals surface area contributed by atoms with Crippen LogP contribution in [0, 0.1) is 0 Å². The van der Waals surface area contributed by atoms with E-state index in [1.54, 1.807) is 0 Å². The van der Waals surface area contributed by atoms with Gasteiger partial charge in [-0.25, -0.2) is 14.8 Å². The summed E-state index contributed by atoms with van der Waals surface area (Å²) in [5, 5.41) is 24.7. The van der Waals surface area contributed by atoms with Crippen molar-refractivity contribution >= 4 is 11.8 Å². The molecule has 2 heterocycles. The fourth-order valence-electron chi connectivity index (χ4n) is 1.93. The Morgan fingerprint density at radius 2 is 2.05 bits per heavy atom. The van der Waals surface area contributed by atoms with Crippen LogP contribution in [-0.4, -0.2) is 41.8 Å². The molecule has 3 rings (SSSR count). The highest BCUT2D eigenvalue weighted by molar-refractivity contribution is 5.88. The summed E-state index contributed by atoms with van der Waals surface area (Å²) in [6.07, 6.45) is 0.550. The van der Waals surface area contributed by atoms with E-state index in [-0.39, 0.29) is 0 Å². The van der Waals surface area contributed by atoms with Crippen molar-refractivity contribution in [2.75, 3.05) is 5.32 Å². The fourth-order valence-corrected chi connectivity index (χ4v) is 1.93. The van der Waals surface area contributed by atoms with E-state index in [2.05, 4.69) is 35.9 Å². The van der Waals surface area contributed by atoms with E-state index in [4.69, 9.17) is 5.11 Å².